The predicted molar refractivity (Wildman–Crippen MR) is 79.3 cm³/mol. The molecule has 2 rings (SSSR count). The molecule has 1 aliphatic rings. The lowest BCUT2D eigenvalue weighted by Crippen LogP contribution is -2.28. The molecule has 0 amide bonds. The molecule has 1 fully saturated rings. The molecule has 1 saturated heterocycles. The molecule has 2 heterocycles. The molecule has 0 radical (unpaired) electrons. The van der Waals surface area contributed by atoms with E-state index < -0.39 is 9.84 Å². The predicted octanol–water partition coefficient (Wildman–Crippen LogP) is 1.99. The maximum Gasteiger partial charge on any atom is 0.152 e. The average Bonchev–Trinajstić information content (AvgIpc) is 2.49. The standard InChI is InChI=1S/C12H18BrN3O2S/c1-9(2)12-14-10(13)8-11(15-12)16-4-3-6-19(17,18)7-5-16/h8-9H,3-7H2,1-2H3. The Kier molecular flexibility index (Phi) is 4.45. The van der Waals surface area contributed by atoms with Crippen molar-refractivity contribution in [2.24, 2.45) is 0 Å². The summed E-state index contributed by atoms with van der Waals surface area (Å²) in [7, 11) is -2.89. The smallest absolute Gasteiger partial charge is 0.152 e. The van der Waals surface area contributed by atoms with Crippen LogP contribution in [0.1, 0.15) is 32.0 Å². The van der Waals surface area contributed by atoms with Crippen LogP contribution in [0.4, 0.5) is 5.82 Å². The topological polar surface area (TPSA) is 63.2 Å². The van der Waals surface area contributed by atoms with Gasteiger partial charge in [0.15, 0.2) is 9.84 Å². The van der Waals surface area contributed by atoms with Crippen LogP contribution in [-0.4, -0.2) is 43.0 Å². The SMILES string of the molecule is CC(C)c1nc(Br)cc(N2CCCS(=O)(=O)CC2)n1. The van der Waals surface area contributed by atoms with E-state index in [9.17, 15) is 8.42 Å². The minimum atomic E-state index is -2.89. The van der Waals surface area contributed by atoms with Crippen LogP contribution in [0.5, 0.6) is 0 Å². The molecule has 0 aromatic carbocycles. The Morgan fingerprint density at radius 3 is 2.68 bits per heavy atom. The van der Waals surface area contributed by atoms with Crippen LogP contribution in [0, 0.1) is 0 Å². The highest BCUT2D eigenvalue weighted by atomic mass is 79.9. The summed E-state index contributed by atoms with van der Waals surface area (Å²) in [5, 5.41) is 0. The van der Waals surface area contributed by atoms with Crippen LogP contribution in [-0.2, 0) is 9.84 Å². The summed E-state index contributed by atoms with van der Waals surface area (Å²) < 4.78 is 24.0. The number of rotatable bonds is 2. The van der Waals surface area contributed by atoms with Crippen LogP contribution < -0.4 is 4.90 Å². The van der Waals surface area contributed by atoms with Gasteiger partial charge >= 0.3 is 0 Å². The third kappa shape index (κ3) is 3.89. The van der Waals surface area contributed by atoms with E-state index in [1.54, 1.807) is 0 Å². The molecule has 1 aliphatic heterocycles. The second-order valence-electron chi connectivity index (χ2n) is 5.05. The number of aromatic nitrogens is 2. The highest BCUT2D eigenvalue weighted by Gasteiger charge is 2.21. The molecular weight excluding hydrogens is 330 g/mol. The van der Waals surface area contributed by atoms with Gasteiger partial charge in [-0.05, 0) is 22.4 Å². The molecule has 1 aromatic rings. The van der Waals surface area contributed by atoms with E-state index in [4.69, 9.17) is 0 Å². The molecule has 0 atom stereocenters. The van der Waals surface area contributed by atoms with Gasteiger partial charge < -0.3 is 4.90 Å². The van der Waals surface area contributed by atoms with Crippen molar-refractivity contribution in [1.29, 1.82) is 0 Å². The van der Waals surface area contributed by atoms with Gasteiger partial charge in [-0.2, -0.15) is 0 Å². The highest BCUT2D eigenvalue weighted by molar-refractivity contribution is 9.10. The summed E-state index contributed by atoms with van der Waals surface area (Å²) in [6, 6.07) is 1.85. The zero-order chi connectivity index (χ0) is 14.0. The Labute approximate surface area is 122 Å². The van der Waals surface area contributed by atoms with Gasteiger partial charge in [0.2, 0.25) is 0 Å². The largest absolute Gasteiger partial charge is 0.355 e. The van der Waals surface area contributed by atoms with Gasteiger partial charge in [0.25, 0.3) is 0 Å². The summed E-state index contributed by atoms with van der Waals surface area (Å²) in [5.74, 6) is 2.30. The quantitative estimate of drug-likeness (QED) is 0.765. The molecule has 5 nitrogen and oxygen atoms in total. The van der Waals surface area contributed by atoms with Gasteiger partial charge in [0.05, 0.1) is 11.5 Å². The maximum absolute atomic E-state index is 11.6. The maximum atomic E-state index is 11.6. The van der Waals surface area contributed by atoms with Crippen LogP contribution in [0.15, 0.2) is 10.7 Å². The van der Waals surface area contributed by atoms with Gasteiger partial charge in [-0.15, -0.1) is 0 Å². The van der Waals surface area contributed by atoms with Gasteiger partial charge in [-0.25, -0.2) is 18.4 Å². The molecule has 106 valence electrons. The van der Waals surface area contributed by atoms with E-state index in [2.05, 4.69) is 25.9 Å². The lowest BCUT2D eigenvalue weighted by molar-refractivity contribution is 0.597. The molecule has 0 N–H and O–H groups in total. The molecule has 0 aliphatic carbocycles. The summed E-state index contributed by atoms with van der Waals surface area (Å²) in [6.45, 7) is 5.31. The normalized spacial score (nSPS) is 19.5. The van der Waals surface area contributed by atoms with Crippen molar-refractivity contribution in [2.45, 2.75) is 26.2 Å². The van der Waals surface area contributed by atoms with Gasteiger partial charge in [-0.1, -0.05) is 13.8 Å². The van der Waals surface area contributed by atoms with E-state index in [-0.39, 0.29) is 17.4 Å². The van der Waals surface area contributed by atoms with Gasteiger partial charge in [0, 0.05) is 25.1 Å². The van der Waals surface area contributed by atoms with E-state index in [1.165, 1.54) is 0 Å². The van der Waals surface area contributed by atoms with Crippen molar-refractivity contribution in [2.75, 3.05) is 29.5 Å². The third-order valence-corrected chi connectivity index (χ3v) is 5.22. The van der Waals surface area contributed by atoms with Gasteiger partial charge in [-0.3, -0.25) is 0 Å². The minimum Gasteiger partial charge on any atom is -0.355 e. The number of anilines is 1. The van der Waals surface area contributed by atoms with Crippen LogP contribution in [0.3, 0.4) is 0 Å². The van der Waals surface area contributed by atoms with E-state index in [0.717, 1.165) is 22.8 Å². The average molecular weight is 348 g/mol. The molecule has 0 spiro atoms. The fraction of sp³-hybridized carbons (Fsp3) is 0.667. The zero-order valence-electron chi connectivity index (χ0n) is 11.1. The van der Waals surface area contributed by atoms with E-state index >= 15 is 0 Å². The molecule has 0 bridgehead atoms. The lowest BCUT2D eigenvalue weighted by atomic mass is 10.2. The van der Waals surface area contributed by atoms with E-state index in [0.29, 0.717) is 13.0 Å². The molecule has 0 unspecified atom stereocenters. The summed E-state index contributed by atoms with van der Waals surface area (Å²) in [4.78, 5) is 10.9. The Balaban J connectivity index is 2.26. The van der Waals surface area contributed by atoms with Crippen LogP contribution in [0.2, 0.25) is 0 Å². The monoisotopic (exact) mass is 347 g/mol. The van der Waals surface area contributed by atoms with Crippen LogP contribution in [0.25, 0.3) is 0 Å². The Hall–Kier alpha value is -0.690. The molecule has 7 heteroatoms. The first-order valence-corrected chi connectivity index (χ1v) is 8.99. The summed E-state index contributed by atoms with van der Waals surface area (Å²) >= 11 is 3.39. The minimum absolute atomic E-state index is 0.200. The Bertz CT molecular complexity index is 560. The Morgan fingerprint density at radius 2 is 2.00 bits per heavy atom. The number of sulfone groups is 1. The first-order valence-electron chi connectivity index (χ1n) is 6.37. The number of halogens is 1. The second kappa shape index (κ2) is 5.75. The van der Waals surface area contributed by atoms with Crippen LogP contribution >= 0.6 is 15.9 Å². The lowest BCUT2D eigenvalue weighted by Gasteiger charge is -2.21. The van der Waals surface area contributed by atoms with Crippen molar-refractivity contribution in [1.82, 2.24) is 9.97 Å². The second-order valence-corrected chi connectivity index (χ2v) is 8.17. The number of nitrogens with zero attached hydrogens (tertiary/aromatic N) is 3. The third-order valence-electron chi connectivity index (χ3n) is 3.09. The first kappa shape index (κ1) is 14.7. The number of hydrogen-bond acceptors (Lipinski definition) is 5. The fourth-order valence-corrected chi connectivity index (χ4v) is 3.67. The van der Waals surface area contributed by atoms with Gasteiger partial charge in [0.1, 0.15) is 16.2 Å². The summed E-state index contributed by atoms with van der Waals surface area (Å²) in [6.07, 6.45) is 0.654. The molecule has 1 aromatic heterocycles. The molecular formula is C12H18BrN3O2S. The van der Waals surface area contributed by atoms with Crippen molar-refractivity contribution in [3.63, 3.8) is 0 Å². The summed E-state index contributed by atoms with van der Waals surface area (Å²) in [5.41, 5.74) is 0. The molecule has 0 saturated carbocycles. The highest BCUT2D eigenvalue weighted by Crippen LogP contribution is 2.21. The van der Waals surface area contributed by atoms with Crippen molar-refractivity contribution >= 4 is 31.6 Å². The van der Waals surface area contributed by atoms with E-state index in [1.807, 2.05) is 24.8 Å². The zero-order valence-corrected chi connectivity index (χ0v) is 13.5. The first-order chi connectivity index (χ1) is 8.87. The van der Waals surface area contributed by atoms with Crippen molar-refractivity contribution in [3.8, 4) is 0 Å². The molecule has 19 heavy (non-hydrogen) atoms. The van der Waals surface area contributed by atoms with Crippen molar-refractivity contribution in [3.05, 3.63) is 16.5 Å². The number of hydrogen-bond donors (Lipinski definition) is 0. The van der Waals surface area contributed by atoms with Crippen molar-refractivity contribution < 1.29 is 8.42 Å². The fourth-order valence-electron chi connectivity index (χ4n) is 2.01. The Morgan fingerprint density at radius 1 is 1.26 bits per heavy atom.